The van der Waals surface area contributed by atoms with Crippen LogP contribution in [0.5, 0.6) is 0 Å². The zero-order chi connectivity index (χ0) is 37.0. The number of aromatic nitrogens is 3. The van der Waals surface area contributed by atoms with Crippen molar-refractivity contribution in [2.24, 2.45) is 0 Å². The Balaban J connectivity index is 1.17. The van der Waals surface area contributed by atoms with E-state index in [2.05, 4.69) is 193 Å². The molecule has 11 aromatic rings. The molecule has 0 N–H and O–H groups in total. The first-order valence-corrected chi connectivity index (χ1v) is 19.7. The van der Waals surface area contributed by atoms with Gasteiger partial charge in [0, 0.05) is 42.9 Å². The van der Waals surface area contributed by atoms with Crippen LogP contribution in [0.15, 0.2) is 200 Å². The Morgan fingerprint density at radius 3 is 1.59 bits per heavy atom. The Labute approximate surface area is 328 Å². The molecule has 3 aromatic heterocycles. The molecular formula is C52H33N3S. The Morgan fingerprint density at radius 1 is 0.375 bits per heavy atom. The topological polar surface area (TPSA) is 30.7 Å². The van der Waals surface area contributed by atoms with Crippen molar-refractivity contribution in [3.05, 3.63) is 200 Å². The van der Waals surface area contributed by atoms with Crippen molar-refractivity contribution >= 4 is 53.3 Å². The van der Waals surface area contributed by atoms with E-state index in [9.17, 15) is 0 Å². The highest BCUT2D eigenvalue weighted by molar-refractivity contribution is 7.26. The molecule has 0 saturated heterocycles. The van der Waals surface area contributed by atoms with Gasteiger partial charge in [0.05, 0.1) is 32.8 Å². The highest BCUT2D eigenvalue weighted by Crippen LogP contribution is 2.45. The first kappa shape index (κ1) is 32.3. The first-order chi connectivity index (χ1) is 27.8. The molecule has 8 aromatic carbocycles. The van der Waals surface area contributed by atoms with Crippen molar-refractivity contribution in [2.45, 2.75) is 0 Å². The Hall–Kier alpha value is -7.14. The second-order valence-electron chi connectivity index (χ2n) is 14.2. The molecule has 4 heteroatoms. The van der Waals surface area contributed by atoms with Crippen LogP contribution in [0.25, 0.3) is 104 Å². The number of benzene rings is 8. The third kappa shape index (κ3) is 5.42. The average Bonchev–Trinajstić information content (AvgIpc) is 3.83. The van der Waals surface area contributed by atoms with Gasteiger partial charge in [-0.1, -0.05) is 164 Å². The third-order valence-electron chi connectivity index (χ3n) is 10.8. The summed E-state index contributed by atoms with van der Waals surface area (Å²) < 4.78 is 5.01. The van der Waals surface area contributed by atoms with Crippen molar-refractivity contribution in [1.29, 1.82) is 0 Å². The summed E-state index contributed by atoms with van der Waals surface area (Å²) in [6.07, 6.45) is 0. The second kappa shape index (κ2) is 13.3. The minimum absolute atomic E-state index is 0.706. The van der Waals surface area contributed by atoms with Gasteiger partial charge >= 0.3 is 0 Å². The molecule has 0 radical (unpaired) electrons. The van der Waals surface area contributed by atoms with E-state index in [0.29, 0.717) is 5.82 Å². The zero-order valence-electron chi connectivity index (χ0n) is 30.3. The number of nitrogens with zero attached hydrogens (tertiary/aromatic N) is 3. The largest absolute Gasteiger partial charge is 0.308 e. The quantitative estimate of drug-likeness (QED) is 0.170. The van der Waals surface area contributed by atoms with Gasteiger partial charge in [-0.25, -0.2) is 9.97 Å². The lowest BCUT2D eigenvalue weighted by Crippen LogP contribution is -1.97. The van der Waals surface area contributed by atoms with Crippen molar-refractivity contribution in [3.8, 4) is 61.8 Å². The van der Waals surface area contributed by atoms with E-state index >= 15 is 0 Å². The zero-order valence-corrected chi connectivity index (χ0v) is 31.1. The van der Waals surface area contributed by atoms with Crippen LogP contribution in [0.3, 0.4) is 0 Å². The monoisotopic (exact) mass is 731 g/mol. The van der Waals surface area contributed by atoms with E-state index in [0.717, 1.165) is 50.2 Å². The van der Waals surface area contributed by atoms with Gasteiger partial charge < -0.3 is 4.57 Å². The molecule has 0 atom stereocenters. The number of rotatable bonds is 6. The number of fused-ring (bicyclic) bond motifs is 6. The molecule has 0 aliphatic carbocycles. The highest BCUT2D eigenvalue weighted by Gasteiger charge is 2.22. The van der Waals surface area contributed by atoms with E-state index in [1.807, 2.05) is 23.5 Å². The van der Waals surface area contributed by atoms with E-state index < -0.39 is 0 Å². The standard InChI is InChI=1S/C52H33N3S/c1-4-15-34(16-5-1)35-27-29-36(30-28-35)39-31-43-40-21-11-13-26-49(40)56-51(43)48(32-39)55-46-24-12-10-22-41(46)50-42(23-14-25-47(50)55)52-53-44(37-17-6-2-7-18-37)33-45(54-52)38-19-8-3-9-20-38/h1-33H. The summed E-state index contributed by atoms with van der Waals surface area (Å²) in [5, 5.41) is 4.84. The molecule has 0 aliphatic heterocycles. The molecule has 56 heavy (non-hydrogen) atoms. The fourth-order valence-corrected chi connectivity index (χ4v) is 9.36. The number of hydrogen-bond donors (Lipinski definition) is 0. The lowest BCUT2D eigenvalue weighted by molar-refractivity contribution is 1.18. The molecule has 0 spiro atoms. The molecule has 0 aliphatic rings. The average molecular weight is 732 g/mol. The third-order valence-corrected chi connectivity index (χ3v) is 12.0. The fraction of sp³-hybridized carbons (Fsp3) is 0. The molecule has 0 bridgehead atoms. The van der Waals surface area contributed by atoms with Gasteiger partial charge in [0.1, 0.15) is 0 Å². The molecule has 0 unspecified atom stereocenters. The van der Waals surface area contributed by atoms with Gasteiger partial charge in [0.2, 0.25) is 0 Å². The SMILES string of the molecule is c1ccc(-c2ccc(-c3cc(-n4c5ccccc5c5c(-c6nc(-c7ccccc7)cc(-c7ccccc7)n6)cccc54)c4sc5ccccc5c4c3)cc2)cc1. The predicted octanol–water partition coefficient (Wildman–Crippen LogP) is 14.3. The van der Waals surface area contributed by atoms with Crippen LogP contribution in [0, 0.1) is 0 Å². The molecule has 3 nitrogen and oxygen atoms in total. The Morgan fingerprint density at radius 2 is 0.911 bits per heavy atom. The lowest BCUT2D eigenvalue weighted by atomic mass is 9.98. The van der Waals surface area contributed by atoms with Crippen LogP contribution in [-0.4, -0.2) is 14.5 Å². The van der Waals surface area contributed by atoms with Gasteiger partial charge in [0.15, 0.2) is 5.82 Å². The Kier molecular flexibility index (Phi) is 7.68. The fourth-order valence-electron chi connectivity index (χ4n) is 8.17. The van der Waals surface area contributed by atoms with Gasteiger partial charge in [-0.2, -0.15) is 0 Å². The van der Waals surface area contributed by atoms with Crippen LogP contribution in [0.2, 0.25) is 0 Å². The minimum Gasteiger partial charge on any atom is -0.308 e. The highest BCUT2D eigenvalue weighted by atomic mass is 32.1. The van der Waals surface area contributed by atoms with E-state index in [1.54, 1.807) is 0 Å². The summed E-state index contributed by atoms with van der Waals surface area (Å²) in [6, 6.07) is 71.4. The van der Waals surface area contributed by atoms with E-state index in [4.69, 9.17) is 9.97 Å². The van der Waals surface area contributed by atoms with Crippen LogP contribution in [0.1, 0.15) is 0 Å². The van der Waals surface area contributed by atoms with Crippen molar-refractivity contribution < 1.29 is 0 Å². The normalized spacial score (nSPS) is 11.6. The predicted molar refractivity (Wildman–Crippen MR) is 236 cm³/mol. The maximum atomic E-state index is 5.28. The van der Waals surface area contributed by atoms with Gasteiger partial charge in [-0.3, -0.25) is 0 Å². The summed E-state index contributed by atoms with van der Waals surface area (Å²) in [5.41, 5.74) is 13.1. The maximum Gasteiger partial charge on any atom is 0.161 e. The molecule has 0 fully saturated rings. The molecule has 3 heterocycles. The molecular weight excluding hydrogens is 699 g/mol. The van der Waals surface area contributed by atoms with Crippen LogP contribution in [0.4, 0.5) is 0 Å². The molecule has 11 rings (SSSR count). The van der Waals surface area contributed by atoms with Crippen LogP contribution < -0.4 is 0 Å². The molecule has 262 valence electrons. The van der Waals surface area contributed by atoms with Gasteiger partial charge in [-0.05, 0) is 58.7 Å². The van der Waals surface area contributed by atoms with Gasteiger partial charge in [0.25, 0.3) is 0 Å². The van der Waals surface area contributed by atoms with Crippen molar-refractivity contribution in [2.75, 3.05) is 0 Å². The number of hydrogen-bond acceptors (Lipinski definition) is 3. The smallest absolute Gasteiger partial charge is 0.161 e. The summed E-state index contributed by atoms with van der Waals surface area (Å²) in [6.45, 7) is 0. The van der Waals surface area contributed by atoms with Crippen molar-refractivity contribution in [1.82, 2.24) is 14.5 Å². The first-order valence-electron chi connectivity index (χ1n) is 18.9. The Bertz CT molecular complexity index is 3160. The van der Waals surface area contributed by atoms with Crippen molar-refractivity contribution in [3.63, 3.8) is 0 Å². The van der Waals surface area contributed by atoms with E-state index in [1.165, 1.54) is 47.8 Å². The molecule has 0 saturated carbocycles. The summed E-state index contributed by atoms with van der Waals surface area (Å²) in [4.78, 5) is 10.6. The maximum absolute atomic E-state index is 5.28. The van der Waals surface area contributed by atoms with E-state index in [-0.39, 0.29) is 0 Å². The second-order valence-corrected chi connectivity index (χ2v) is 15.2. The lowest BCUT2D eigenvalue weighted by Gasteiger charge is -2.14. The summed E-state index contributed by atoms with van der Waals surface area (Å²) in [5.74, 6) is 0.706. The summed E-state index contributed by atoms with van der Waals surface area (Å²) >= 11 is 1.86. The molecule has 0 amide bonds. The van der Waals surface area contributed by atoms with Crippen LogP contribution >= 0.6 is 11.3 Å². The number of para-hydroxylation sites is 1. The van der Waals surface area contributed by atoms with Gasteiger partial charge in [-0.15, -0.1) is 11.3 Å². The minimum atomic E-state index is 0.706. The summed E-state index contributed by atoms with van der Waals surface area (Å²) in [7, 11) is 0. The van der Waals surface area contributed by atoms with Crippen LogP contribution in [-0.2, 0) is 0 Å². The number of thiophene rings is 1.